The van der Waals surface area contributed by atoms with Crippen LogP contribution >= 0.6 is 18.6 Å². The van der Waals surface area contributed by atoms with Gasteiger partial charge in [0, 0.05) is 0 Å². The molecule has 0 aliphatic carbocycles. The van der Waals surface area contributed by atoms with E-state index in [1.54, 1.807) is 6.92 Å². The third-order valence-corrected chi connectivity index (χ3v) is 4.53. The number of hydrogen-bond donors (Lipinski definition) is 0. The molecule has 0 saturated carbocycles. The molecular weight excluding hydrogens is 294 g/mol. The van der Waals surface area contributed by atoms with Crippen LogP contribution in [-0.2, 0) is 4.79 Å². The van der Waals surface area contributed by atoms with Gasteiger partial charge in [0.2, 0.25) is 0 Å². The summed E-state index contributed by atoms with van der Waals surface area (Å²) in [6.45, 7) is 1.62. The molecule has 0 aromatic rings. The van der Waals surface area contributed by atoms with Crippen molar-refractivity contribution in [2.24, 2.45) is 0 Å². The van der Waals surface area contributed by atoms with Crippen molar-refractivity contribution in [1.29, 1.82) is 0 Å². The number of carbonyl (C=O) groups excluding carboxylic acids is 1. The number of hydrogen-bond acceptors (Lipinski definition) is 1. The zero-order valence-electron chi connectivity index (χ0n) is 2.66. The van der Waals surface area contributed by atoms with Gasteiger partial charge in [-0.3, -0.25) is 0 Å². The molecule has 0 heterocycles. The zero-order valence-corrected chi connectivity index (χ0v) is 6.98. The molecule has 0 amide bonds. The Balaban J connectivity index is 2.85. The van der Waals surface area contributed by atoms with E-state index in [4.69, 9.17) is 0 Å². The van der Waals surface area contributed by atoms with Crippen LogP contribution in [0.5, 0.6) is 0 Å². The van der Waals surface area contributed by atoms with Gasteiger partial charge >= 0.3 is 51.4 Å². The van der Waals surface area contributed by atoms with Crippen LogP contribution in [0.3, 0.4) is 0 Å². The van der Waals surface area contributed by atoms with Crippen LogP contribution < -0.4 is 17.2 Å². The second-order valence-corrected chi connectivity index (χ2v) is 5.20. The topological polar surface area (TPSA) is 17.1 Å². The molecule has 0 aliphatic rings. The molecule has 0 aromatic heterocycles. The summed E-state index contributed by atoms with van der Waals surface area (Å²) in [6, 6.07) is 0. The minimum atomic E-state index is -0.121. The van der Waals surface area contributed by atoms with Crippen LogP contribution in [0.1, 0.15) is 6.92 Å². The molecule has 32 valence electrons. The van der Waals surface area contributed by atoms with Gasteiger partial charge in [-0.1, -0.05) is 0 Å². The van der Waals surface area contributed by atoms with Crippen LogP contribution in [0.2, 0.25) is 0 Å². The van der Waals surface area contributed by atoms with E-state index in [-0.39, 0.29) is 17.2 Å². The number of carbonyl (C=O) groups is 1. The Morgan fingerprint density at radius 1 is 2.00 bits per heavy atom. The van der Waals surface area contributed by atoms with Crippen LogP contribution in [0.15, 0.2) is 0 Å². The molecule has 0 spiro atoms. The van der Waals surface area contributed by atoms with Gasteiger partial charge in [0.15, 0.2) is 0 Å². The predicted molar refractivity (Wildman–Crippen MR) is 24.7 cm³/mol. The van der Waals surface area contributed by atoms with E-state index < -0.39 is 0 Å². The van der Waals surface area contributed by atoms with Gasteiger partial charge in [-0.2, -0.15) is 0 Å². The van der Waals surface area contributed by atoms with Gasteiger partial charge in [0.25, 0.3) is 0 Å². The Morgan fingerprint density at radius 3 is 2.20 bits per heavy atom. The normalized spacial score (nSPS) is 8.40. The first kappa shape index (κ1) is 6.13. The van der Waals surface area contributed by atoms with E-state index in [0.29, 0.717) is 3.79 Å². The summed E-state index contributed by atoms with van der Waals surface area (Å²) in [4.78, 5) is 9.85. The average Bonchev–Trinajstić information content (AvgIpc) is 1.38. The Kier molecular flexibility index (Phi) is 4.08. The third-order valence-electron chi connectivity index (χ3n) is 0.101. The molecule has 0 aromatic carbocycles. The van der Waals surface area contributed by atoms with Gasteiger partial charge in [-0.15, -0.1) is 0 Å². The molecular formula is C2H3I2O-. The third kappa shape index (κ3) is 5.13. The first-order valence-electron chi connectivity index (χ1n) is 1.04. The number of rotatable bonds is 1. The predicted octanol–water partition coefficient (Wildman–Crippen LogP) is -2.03. The van der Waals surface area contributed by atoms with Crippen molar-refractivity contribution < 1.29 is 22.0 Å². The van der Waals surface area contributed by atoms with Gasteiger partial charge in [0.05, 0.1) is 0 Å². The van der Waals surface area contributed by atoms with E-state index in [0.717, 1.165) is 0 Å². The second kappa shape index (κ2) is 3.32. The summed E-state index contributed by atoms with van der Waals surface area (Å²) < 4.78 is 0.351. The summed E-state index contributed by atoms with van der Waals surface area (Å²) in [6.07, 6.45) is 0. The summed E-state index contributed by atoms with van der Waals surface area (Å²) in [5.41, 5.74) is 0. The Labute approximate surface area is 50.9 Å². The van der Waals surface area contributed by atoms with E-state index in [9.17, 15) is 4.79 Å². The monoisotopic (exact) mass is 297 g/mol. The molecule has 3 heteroatoms. The first-order valence-corrected chi connectivity index (χ1v) is 8.40. The van der Waals surface area contributed by atoms with E-state index in [1.807, 2.05) is 0 Å². The van der Waals surface area contributed by atoms with Gasteiger partial charge in [-0.25, -0.2) is 0 Å². The summed E-state index contributed by atoms with van der Waals surface area (Å²) in [7, 11) is 0. The Bertz CT molecular complexity index is 42.9. The number of halogens is 2. The van der Waals surface area contributed by atoms with Gasteiger partial charge in [0.1, 0.15) is 0 Å². The fraction of sp³-hybridized carbons (Fsp3) is 0.500. The fourth-order valence-electron chi connectivity index (χ4n) is 0. The van der Waals surface area contributed by atoms with Gasteiger partial charge in [-0.05, 0) is 0 Å². The molecule has 0 fully saturated rings. The molecule has 0 bridgehead atoms. The van der Waals surface area contributed by atoms with Crippen LogP contribution in [-0.4, -0.2) is 3.79 Å². The molecule has 0 radical (unpaired) electrons. The van der Waals surface area contributed by atoms with Crippen LogP contribution in [0.4, 0.5) is 0 Å². The Hall–Kier alpha value is 1.13. The van der Waals surface area contributed by atoms with E-state index >= 15 is 0 Å². The van der Waals surface area contributed by atoms with Gasteiger partial charge < -0.3 is 0 Å². The van der Waals surface area contributed by atoms with Crippen molar-refractivity contribution >= 4 is 22.4 Å². The van der Waals surface area contributed by atoms with Crippen molar-refractivity contribution in [2.45, 2.75) is 6.92 Å². The van der Waals surface area contributed by atoms with Crippen LogP contribution in [0.25, 0.3) is 0 Å². The molecule has 0 aliphatic heterocycles. The maximum absolute atomic E-state index is 9.85. The quantitative estimate of drug-likeness (QED) is 0.403. The minimum absolute atomic E-state index is 0.121. The fourth-order valence-corrected chi connectivity index (χ4v) is 0. The average molecular weight is 297 g/mol. The van der Waals surface area contributed by atoms with E-state index in [2.05, 4.69) is 18.6 Å². The molecule has 1 nitrogen and oxygen atoms in total. The molecule has 0 N–H and O–H groups in total. The summed E-state index contributed by atoms with van der Waals surface area (Å²) in [5, 5.41) is 0. The van der Waals surface area contributed by atoms with E-state index in [1.165, 1.54) is 0 Å². The zero-order chi connectivity index (χ0) is 4.28. The first-order chi connectivity index (χ1) is 2.27. The molecule has 5 heavy (non-hydrogen) atoms. The van der Waals surface area contributed by atoms with Crippen molar-refractivity contribution in [2.75, 3.05) is 0 Å². The van der Waals surface area contributed by atoms with Crippen molar-refractivity contribution in [1.82, 2.24) is 0 Å². The Morgan fingerprint density at radius 2 is 2.20 bits per heavy atom. The molecule has 0 saturated heterocycles. The van der Waals surface area contributed by atoms with Crippen molar-refractivity contribution in [3.63, 3.8) is 0 Å². The standard InChI is InChI=1S/C2H3I2O/c1-2(5)4-3/h1H3/q-1. The van der Waals surface area contributed by atoms with Crippen molar-refractivity contribution in [3.05, 3.63) is 0 Å². The summed E-state index contributed by atoms with van der Waals surface area (Å²) >= 11 is 2.02. The van der Waals surface area contributed by atoms with Crippen molar-refractivity contribution in [3.8, 4) is 0 Å². The molecule has 0 unspecified atom stereocenters. The SMILES string of the molecule is CC(=O)[I-]I. The molecule has 0 atom stereocenters. The van der Waals surface area contributed by atoms with Crippen LogP contribution in [0, 0.1) is 0 Å². The maximum atomic E-state index is 9.85. The molecule has 0 rings (SSSR count). The second-order valence-electron chi connectivity index (χ2n) is 0.542. The summed E-state index contributed by atoms with van der Waals surface area (Å²) in [5.74, 6) is 0.